The molecule has 1 heterocycles. The van der Waals surface area contributed by atoms with Crippen LogP contribution < -0.4 is 0 Å². The van der Waals surface area contributed by atoms with Crippen LogP contribution in [0.15, 0.2) is 21.6 Å². The number of aromatic nitrogens is 1. The second-order valence-electron chi connectivity index (χ2n) is 4.60. The Bertz CT molecular complexity index is 552. The van der Waals surface area contributed by atoms with E-state index in [1.165, 1.54) is 16.6 Å². The molecule has 20 heavy (non-hydrogen) atoms. The Morgan fingerprint density at radius 1 is 1.35 bits per heavy atom. The summed E-state index contributed by atoms with van der Waals surface area (Å²) in [6, 6.07) is 1.49. The van der Waals surface area contributed by atoms with E-state index in [1.54, 1.807) is 0 Å². The zero-order valence-electron chi connectivity index (χ0n) is 11.8. The number of hydrogen-bond acceptors (Lipinski definition) is 4. The normalized spacial score (nSPS) is 12.3. The molecule has 1 aromatic rings. The van der Waals surface area contributed by atoms with E-state index in [9.17, 15) is 8.42 Å². The lowest BCUT2D eigenvalue weighted by Crippen LogP contribution is -2.33. The van der Waals surface area contributed by atoms with Crippen molar-refractivity contribution in [2.45, 2.75) is 18.2 Å². The van der Waals surface area contributed by atoms with Crippen LogP contribution in [0.3, 0.4) is 0 Å². The Labute approximate surface area is 134 Å². The Balaban J connectivity index is 2.97. The van der Waals surface area contributed by atoms with Crippen molar-refractivity contribution in [3.8, 4) is 0 Å². The Morgan fingerprint density at radius 2 is 2.00 bits per heavy atom. The van der Waals surface area contributed by atoms with Crippen molar-refractivity contribution in [2.24, 2.45) is 0 Å². The number of halogens is 2. The van der Waals surface area contributed by atoms with Gasteiger partial charge >= 0.3 is 0 Å². The number of hydrogen-bond donors (Lipinski definition) is 0. The smallest absolute Gasteiger partial charge is 0.246 e. The highest BCUT2D eigenvalue weighted by molar-refractivity contribution is 9.10. The third kappa shape index (κ3) is 4.66. The summed E-state index contributed by atoms with van der Waals surface area (Å²) in [4.78, 5) is 5.94. The van der Waals surface area contributed by atoms with Crippen LogP contribution in [0.4, 0.5) is 0 Å². The SMILES string of the molecule is CCN(CCCN(C)C)S(=O)(=O)c1cc(Br)cnc1Cl. The summed E-state index contributed by atoms with van der Waals surface area (Å²) in [6.07, 6.45) is 2.24. The zero-order chi connectivity index (χ0) is 15.3. The minimum absolute atomic E-state index is 0.000686. The molecule has 0 aromatic carbocycles. The van der Waals surface area contributed by atoms with Gasteiger partial charge < -0.3 is 4.90 Å². The van der Waals surface area contributed by atoms with Crippen LogP contribution in [0, 0.1) is 0 Å². The van der Waals surface area contributed by atoms with Crippen molar-refractivity contribution < 1.29 is 8.42 Å². The van der Waals surface area contributed by atoms with Gasteiger partial charge in [0.05, 0.1) is 0 Å². The molecule has 0 aliphatic carbocycles. The van der Waals surface area contributed by atoms with Crippen molar-refractivity contribution in [1.82, 2.24) is 14.2 Å². The third-order valence-corrected chi connectivity index (χ3v) is 5.59. The van der Waals surface area contributed by atoms with Crippen molar-refractivity contribution >= 4 is 37.6 Å². The molecule has 0 atom stereocenters. The number of nitrogens with zero attached hydrogens (tertiary/aromatic N) is 3. The minimum atomic E-state index is -3.61. The quantitative estimate of drug-likeness (QED) is 0.678. The highest BCUT2D eigenvalue weighted by Gasteiger charge is 2.26. The number of pyridine rings is 1. The topological polar surface area (TPSA) is 53.5 Å². The van der Waals surface area contributed by atoms with Crippen molar-refractivity contribution in [3.63, 3.8) is 0 Å². The Kier molecular flexibility index (Phi) is 6.87. The van der Waals surface area contributed by atoms with E-state index in [0.717, 1.165) is 13.0 Å². The maximum Gasteiger partial charge on any atom is 0.246 e. The number of sulfonamides is 1. The van der Waals surface area contributed by atoms with Gasteiger partial charge in [0.25, 0.3) is 0 Å². The third-order valence-electron chi connectivity index (χ3n) is 2.76. The minimum Gasteiger partial charge on any atom is -0.309 e. The summed E-state index contributed by atoms with van der Waals surface area (Å²) >= 11 is 9.14. The van der Waals surface area contributed by atoms with Gasteiger partial charge in [-0.25, -0.2) is 13.4 Å². The van der Waals surface area contributed by atoms with Crippen LogP contribution in [0.1, 0.15) is 13.3 Å². The summed E-state index contributed by atoms with van der Waals surface area (Å²) in [6.45, 7) is 3.50. The summed E-state index contributed by atoms with van der Waals surface area (Å²) in [5, 5.41) is -0.000686. The van der Waals surface area contributed by atoms with Gasteiger partial charge in [0, 0.05) is 23.8 Å². The molecule has 0 unspecified atom stereocenters. The molecular formula is C12H19BrClN3O2S. The fraction of sp³-hybridized carbons (Fsp3) is 0.583. The van der Waals surface area contributed by atoms with Gasteiger partial charge in [-0.1, -0.05) is 18.5 Å². The monoisotopic (exact) mass is 383 g/mol. The first-order chi connectivity index (χ1) is 9.28. The van der Waals surface area contributed by atoms with Crippen LogP contribution in [0.5, 0.6) is 0 Å². The van der Waals surface area contributed by atoms with Crippen LogP contribution in [0.25, 0.3) is 0 Å². The van der Waals surface area contributed by atoms with E-state index in [4.69, 9.17) is 11.6 Å². The predicted molar refractivity (Wildman–Crippen MR) is 84.6 cm³/mol. The van der Waals surface area contributed by atoms with Gasteiger partial charge in [-0.2, -0.15) is 4.31 Å². The molecule has 1 aromatic heterocycles. The van der Waals surface area contributed by atoms with Crippen LogP contribution in [0.2, 0.25) is 5.15 Å². The lowest BCUT2D eigenvalue weighted by atomic mass is 10.4. The molecule has 0 fully saturated rings. The fourth-order valence-electron chi connectivity index (χ4n) is 1.74. The largest absolute Gasteiger partial charge is 0.309 e. The van der Waals surface area contributed by atoms with Crippen LogP contribution in [-0.4, -0.2) is 56.3 Å². The van der Waals surface area contributed by atoms with Crippen molar-refractivity contribution in [1.29, 1.82) is 0 Å². The first kappa shape index (κ1) is 17.8. The molecule has 0 spiro atoms. The summed E-state index contributed by atoms with van der Waals surface area (Å²) in [7, 11) is 0.305. The standard InChI is InChI=1S/C12H19BrClN3O2S/c1-4-17(7-5-6-16(2)3)20(18,19)11-8-10(13)9-15-12(11)14/h8-9H,4-7H2,1-3H3. The van der Waals surface area contributed by atoms with E-state index in [-0.39, 0.29) is 10.0 Å². The molecule has 0 saturated heterocycles. The molecule has 0 bridgehead atoms. The van der Waals surface area contributed by atoms with E-state index in [2.05, 4.69) is 20.9 Å². The first-order valence-electron chi connectivity index (χ1n) is 6.25. The van der Waals surface area contributed by atoms with Crippen molar-refractivity contribution in [3.05, 3.63) is 21.9 Å². The van der Waals surface area contributed by atoms with E-state index >= 15 is 0 Å². The Hall–Kier alpha value is -0.210. The molecule has 0 amide bonds. The van der Waals surface area contributed by atoms with Gasteiger partial charge in [-0.15, -0.1) is 0 Å². The highest BCUT2D eigenvalue weighted by Crippen LogP contribution is 2.25. The van der Waals surface area contributed by atoms with E-state index in [1.807, 2.05) is 25.9 Å². The lowest BCUT2D eigenvalue weighted by molar-refractivity contribution is 0.356. The molecule has 5 nitrogen and oxygen atoms in total. The van der Waals surface area contributed by atoms with Crippen LogP contribution >= 0.6 is 27.5 Å². The zero-order valence-corrected chi connectivity index (χ0v) is 15.0. The summed E-state index contributed by atoms with van der Waals surface area (Å²) in [5.74, 6) is 0. The van der Waals surface area contributed by atoms with Gasteiger partial charge in [0.15, 0.2) is 0 Å². The fourth-order valence-corrected chi connectivity index (χ4v) is 4.14. The Morgan fingerprint density at radius 3 is 2.55 bits per heavy atom. The van der Waals surface area contributed by atoms with Crippen molar-refractivity contribution in [2.75, 3.05) is 33.7 Å². The summed E-state index contributed by atoms with van der Waals surface area (Å²) < 4.78 is 27.2. The second kappa shape index (κ2) is 7.70. The van der Waals surface area contributed by atoms with Gasteiger partial charge in [-0.3, -0.25) is 0 Å². The predicted octanol–water partition coefficient (Wildman–Crippen LogP) is 2.46. The number of rotatable bonds is 7. The molecule has 0 radical (unpaired) electrons. The maximum absolute atomic E-state index is 12.6. The summed E-state index contributed by atoms with van der Waals surface area (Å²) in [5.41, 5.74) is 0. The van der Waals surface area contributed by atoms with Gasteiger partial charge in [0.2, 0.25) is 10.0 Å². The highest BCUT2D eigenvalue weighted by atomic mass is 79.9. The van der Waals surface area contributed by atoms with Gasteiger partial charge in [-0.05, 0) is 49.1 Å². The lowest BCUT2D eigenvalue weighted by Gasteiger charge is -2.21. The molecule has 0 saturated carbocycles. The van der Waals surface area contributed by atoms with E-state index in [0.29, 0.717) is 17.6 Å². The molecular weight excluding hydrogens is 366 g/mol. The van der Waals surface area contributed by atoms with Gasteiger partial charge in [0.1, 0.15) is 10.0 Å². The van der Waals surface area contributed by atoms with E-state index < -0.39 is 10.0 Å². The molecule has 0 N–H and O–H groups in total. The average Bonchev–Trinajstić information content (AvgIpc) is 2.36. The van der Waals surface area contributed by atoms with Crippen LogP contribution in [-0.2, 0) is 10.0 Å². The maximum atomic E-state index is 12.6. The molecule has 1 rings (SSSR count). The average molecular weight is 385 g/mol. The molecule has 0 aliphatic rings. The molecule has 0 aliphatic heterocycles. The molecule has 114 valence electrons. The molecule has 8 heteroatoms. The first-order valence-corrected chi connectivity index (χ1v) is 8.86. The second-order valence-corrected chi connectivity index (χ2v) is 7.78.